The van der Waals surface area contributed by atoms with E-state index >= 15 is 0 Å². The quantitative estimate of drug-likeness (QED) is 0.656. The van der Waals surface area contributed by atoms with Gasteiger partial charge in [0.2, 0.25) is 10.0 Å². The van der Waals surface area contributed by atoms with Crippen molar-refractivity contribution in [3.8, 4) is 0 Å². The van der Waals surface area contributed by atoms with Gasteiger partial charge in [0.05, 0.1) is 22.9 Å². The predicted molar refractivity (Wildman–Crippen MR) is 94.1 cm³/mol. The van der Waals surface area contributed by atoms with Crippen LogP contribution in [0.2, 0.25) is 0 Å². The Morgan fingerprint density at radius 2 is 1.96 bits per heavy atom. The largest absolute Gasteiger partial charge is 0.345 e. The van der Waals surface area contributed by atoms with Crippen molar-refractivity contribution in [1.82, 2.24) is 5.32 Å². The van der Waals surface area contributed by atoms with Crippen molar-refractivity contribution in [2.75, 3.05) is 13.6 Å². The van der Waals surface area contributed by atoms with Crippen LogP contribution >= 0.6 is 11.3 Å². The smallest absolute Gasteiger partial charge is 0.275 e. The van der Waals surface area contributed by atoms with Crippen LogP contribution in [0, 0.1) is 0 Å². The first kappa shape index (κ1) is 18.6. The third-order valence-electron chi connectivity index (χ3n) is 3.60. The molecule has 24 heavy (non-hydrogen) atoms. The maximum atomic E-state index is 12.1. The Balaban J connectivity index is 1.89. The Morgan fingerprint density at radius 1 is 1.29 bits per heavy atom. The lowest BCUT2D eigenvalue weighted by Crippen LogP contribution is -3.08. The summed E-state index contributed by atoms with van der Waals surface area (Å²) in [6.07, 6.45) is 0. The summed E-state index contributed by atoms with van der Waals surface area (Å²) in [5, 5.41) is 10.0. The van der Waals surface area contributed by atoms with Crippen LogP contribution in [-0.4, -0.2) is 27.9 Å². The van der Waals surface area contributed by atoms with Gasteiger partial charge in [-0.05, 0) is 36.1 Å². The molecular formula is C16H22N3O3S2+. The van der Waals surface area contributed by atoms with Gasteiger partial charge in [0.25, 0.3) is 5.91 Å². The summed E-state index contributed by atoms with van der Waals surface area (Å²) in [7, 11) is -1.72. The third kappa shape index (κ3) is 5.41. The lowest BCUT2D eigenvalue weighted by molar-refractivity contribution is -0.885. The second kappa shape index (κ2) is 7.89. The SMILES string of the molecule is C[C@@H](NC(=O)C[NH+](C)Cc1cccs1)c1ccc(S(N)(=O)=O)cc1. The normalized spacial score (nSPS) is 14.1. The number of hydrogen-bond donors (Lipinski definition) is 3. The van der Waals surface area contributed by atoms with E-state index in [1.54, 1.807) is 23.5 Å². The molecule has 0 aliphatic carbocycles. The molecule has 6 nitrogen and oxygen atoms in total. The van der Waals surface area contributed by atoms with Crippen LogP contribution < -0.4 is 15.4 Å². The molecule has 2 atom stereocenters. The first-order valence-electron chi connectivity index (χ1n) is 7.51. The number of hydrogen-bond acceptors (Lipinski definition) is 4. The van der Waals surface area contributed by atoms with Gasteiger partial charge in [-0.25, -0.2) is 13.6 Å². The van der Waals surface area contributed by atoms with E-state index in [1.807, 2.05) is 25.4 Å². The van der Waals surface area contributed by atoms with Gasteiger partial charge in [-0.15, -0.1) is 11.3 Å². The van der Waals surface area contributed by atoms with Crippen molar-refractivity contribution < 1.29 is 18.1 Å². The zero-order valence-electron chi connectivity index (χ0n) is 13.7. The summed E-state index contributed by atoms with van der Waals surface area (Å²) >= 11 is 1.68. The molecule has 4 N–H and O–H groups in total. The molecule has 0 aliphatic rings. The molecular weight excluding hydrogens is 346 g/mol. The molecule has 0 saturated carbocycles. The van der Waals surface area contributed by atoms with Gasteiger partial charge < -0.3 is 10.2 Å². The van der Waals surface area contributed by atoms with Gasteiger partial charge >= 0.3 is 0 Å². The fourth-order valence-electron chi connectivity index (χ4n) is 2.37. The summed E-state index contributed by atoms with van der Waals surface area (Å²) in [6.45, 7) is 3.04. The number of likely N-dealkylation sites (N-methyl/N-ethyl adjacent to an activating group) is 1. The average molecular weight is 369 g/mol. The van der Waals surface area contributed by atoms with Crippen LogP contribution in [0.1, 0.15) is 23.4 Å². The summed E-state index contributed by atoms with van der Waals surface area (Å²) in [4.78, 5) is 14.6. The molecule has 0 fully saturated rings. The first-order valence-corrected chi connectivity index (χ1v) is 9.94. The van der Waals surface area contributed by atoms with E-state index in [-0.39, 0.29) is 16.8 Å². The highest BCUT2D eigenvalue weighted by Crippen LogP contribution is 2.15. The number of carbonyl (C=O) groups excluding carboxylic acids is 1. The molecule has 0 saturated heterocycles. The minimum atomic E-state index is -3.70. The minimum Gasteiger partial charge on any atom is -0.345 e. The number of rotatable bonds is 7. The number of nitrogens with two attached hydrogens (primary N) is 1. The molecule has 1 heterocycles. The molecule has 1 amide bonds. The lowest BCUT2D eigenvalue weighted by Gasteiger charge is -2.17. The van der Waals surface area contributed by atoms with Crippen LogP contribution in [0.5, 0.6) is 0 Å². The molecule has 0 aliphatic heterocycles. The van der Waals surface area contributed by atoms with Crippen LogP contribution in [0.3, 0.4) is 0 Å². The van der Waals surface area contributed by atoms with Crippen LogP contribution in [0.25, 0.3) is 0 Å². The van der Waals surface area contributed by atoms with Crippen molar-refractivity contribution in [2.24, 2.45) is 5.14 Å². The number of sulfonamides is 1. The van der Waals surface area contributed by atoms with Crippen LogP contribution in [-0.2, 0) is 21.4 Å². The van der Waals surface area contributed by atoms with Gasteiger partial charge in [0, 0.05) is 0 Å². The highest BCUT2D eigenvalue weighted by molar-refractivity contribution is 7.89. The van der Waals surface area contributed by atoms with Crippen LogP contribution in [0.15, 0.2) is 46.7 Å². The standard InChI is InChI=1S/C16H21N3O3S2/c1-12(13-5-7-15(8-6-13)24(17,21)22)18-16(20)11-19(2)10-14-4-3-9-23-14/h3-9,12H,10-11H2,1-2H3,(H,18,20)(H2,17,21,22)/p+1/t12-/m1/s1. The van der Waals surface area contributed by atoms with Gasteiger partial charge in [0.15, 0.2) is 6.54 Å². The Morgan fingerprint density at radius 3 is 2.50 bits per heavy atom. The molecule has 1 aromatic heterocycles. The second-order valence-electron chi connectivity index (χ2n) is 5.79. The minimum absolute atomic E-state index is 0.0490. The van der Waals surface area contributed by atoms with E-state index in [4.69, 9.17) is 5.14 Å². The number of primary sulfonamides is 1. The molecule has 0 bridgehead atoms. The number of benzene rings is 1. The Labute approximate surface area is 146 Å². The molecule has 0 spiro atoms. The summed E-state index contributed by atoms with van der Waals surface area (Å²) in [5.41, 5.74) is 0.826. The van der Waals surface area contributed by atoms with Crippen molar-refractivity contribution >= 4 is 27.3 Å². The number of carbonyl (C=O) groups is 1. The molecule has 130 valence electrons. The Hall–Kier alpha value is -1.74. The second-order valence-corrected chi connectivity index (χ2v) is 8.39. The van der Waals surface area contributed by atoms with Crippen molar-refractivity contribution in [2.45, 2.75) is 24.4 Å². The predicted octanol–water partition coefficient (Wildman–Crippen LogP) is 0.288. The van der Waals surface area contributed by atoms with Gasteiger partial charge in [0.1, 0.15) is 6.54 Å². The third-order valence-corrected chi connectivity index (χ3v) is 5.41. The first-order chi connectivity index (χ1) is 11.3. The number of nitrogens with one attached hydrogen (secondary N) is 2. The van der Waals surface area contributed by atoms with Crippen molar-refractivity contribution in [3.63, 3.8) is 0 Å². The van der Waals surface area contributed by atoms with Gasteiger partial charge in [-0.1, -0.05) is 18.2 Å². The fourth-order valence-corrected chi connectivity index (χ4v) is 3.70. The number of thiophene rings is 1. The Kier molecular flexibility index (Phi) is 6.11. The lowest BCUT2D eigenvalue weighted by atomic mass is 10.1. The molecule has 2 aromatic rings. The number of amides is 1. The monoisotopic (exact) mass is 368 g/mol. The van der Waals surface area contributed by atoms with Crippen LogP contribution in [0.4, 0.5) is 0 Å². The Bertz CT molecular complexity index is 771. The average Bonchev–Trinajstić information content (AvgIpc) is 2.98. The van der Waals surface area contributed by atoms with E-state index in [1.165, 1.54) is 17.0 Å². The summed E-state index contributed by atoms with van der Waals surface area (Å²) in [5.74, 6) is -0.0490. The number of quaternary nitrogens is 1. The molecule has 1 unspecified atom stereocenters. The van der Waals surface area contributed by atoms with Crippen molar-refractivity contribution in [1.29, 1.82) is 0 Å². The maximum Gasteiger partial charge on any atom is 0.275 e. The van der Waals surface area contributed by atoms with E-state index in [2.05, 4.69) is 11.4 Å². The van der Waals surface area contributed by atoms with E-state index < -0.39 is 10.0 Å². The molecule has 2 rings (SSSR count). The highest BCUT2D eigenvalue weighted by Gasteiger charge is 2.15. The van der Waals surface area contributed by atoms with E-state index in [0.29, 0.717) is 6.54 Å². The van der Waals surface area contributed by atoms with Gasteiger partial charge in [-0.3, -0.25) is 4.79 Å². The summed E-state index contributed by atoms with van der Waals surface area (Å²) in [6, 6.07) is 10.1. The van der Waals surface area contributed by atoms with E-state index in [9.17, 15) is 13.2 Å². The molecule has 0 radical (unpaired) electrons. The van der Waals surface area contributed by atoms with Crippen molar-refractivity contribution in [3.05, 3.63) is 52.2 Å². The molecule has 1 aromatic carbocycles. The molecule has 8 heteroatoms. The zero-order chi connectivity index (χ0) is 17.7. The summed E-state index contributed by atoms with van der Waals surface area (Å²) < 4.78 is 22.5. The zero-order valence-corrected chi connectivity index (χ0v) is 15.3. The van der Waals surface area contributed by atoms with E-state index in [0.717, 1.165) is 17.0 Å². The van der Waals surface area contributed by atoms with Gasteiger partial charge in [-0.2, -0.15) is 0 Å². The maximum absolute atomic E-state index is 12.1. The highest BCUT2D eigenvalue weighted by atomic mass is 32.2. The fraction of sp³-hybridized carbons (Fsp3) is 0.312. The topological polar surface area (TPSA) is 93.7 Å².